The fourth-order valence-electron chi connectivity index (χ4n) is 3.96. The Labute approximate surface area is 180 Å². The summed E-state index contributed by atoms with van der Waals surface area (Å²) in [7, 11) is 2.09. The van der Waals surface area contributed by atoms with E-state index in [4.69, 9.17) is 0 Å². The average Bonchev–Trinajstić information content (AvgIpc) is 3.49. The van der Waals surface area contributed by atoms with Gasteiger partial charge in [-0.05, 0) is 64.0 Å². The molecule has 1 saturated heterocycles. The molecule has 4 rings (SSSR count). The Morgan fingerprint density at radius 1 is 1.19 bits per heavy atom. The quantitative estimate of drug-likeness (QED) is 0.710. The van der Waals surface area contributed by atoms with Crippen LogP contribution in [0, 0.1) is 17.8 Å². The zero-order chi connectivity index (χ0) is 22.0. The molecule has 31 heavy (non-hydrogen) atoms. The van der Waals surface area contributed by atoms with Crippen molar-refractivity contribution in [1.29, 1.82) is 0 Å². The molecule has 0 atom stereocenters. The molecule has 0 spiro atoms. The van der Waals surface area contributed by atoms with Crippen LogP contribution in [0.1, 0.15) is 31.2 Å². The molecule has 1 aliphatic carbocycles. The number of halogens is 3. The Kier molecular flexibility index (Phi) is 6.15. The number of hydrogen-bond donors (Lipinski definition) is 2. The van der Waals surface area contributed by atoms with E-state index in [-0.39, 0.29) is 24.4 Å². The fourth-order valence-corrected chi connectivity index (χ4v) is 3.96. The van der Waals surface area contributed by atoms with Crippen LogP contribution in [0.4, 0.5) is 18.9 Å². The summed E-state index contributed by atoms with van der Waals surface area (Å²) in [5.74, 6) is 6.08. The molecule has 0 bridgehead atoms. The van der Waals surface area contributed by atoms with Crippen molar-refractivity contribution in [3.63, 3.8) is 0 Å². The number of anilines is 1. The minimum Gasteiger partial charge on any atom is -0.382 e. The number of piperidine rings is 1. The van der Waals surface area contributed by atoms with Gasteiger partial charge in [-0.2, -0.15) is 13.2 Å². The van der Waals surface area contributed by atoms with Crippen molar-refractivity contribution in [2.24, 2.45) is 5.92 Å². The lowest BCUT2D eigenvalue weighted by molar-refractivity contribution is -0.139. The summed E-state index contributed by atoms with van der Waals surface area (Å²) in [6.45, 7) is 1.15. The lowest BCUT2D eigenvalue weighted by Gasteiger charge is -2.30. The number of carbonyl (C=O) groups is 1. The summed E-state index contributed by atoms with van der Waals surface area (Å²) in [5, 5.41) is 7.08. The SMILES string of the molecule is CN1CCC(Nc2cc(C#CCNC(=O)C3CC3)cc3c2ccn3CC(F)(F)F)CC1. The van der Waals surface area contributed by atoms with Gasteiger partial charge in [0, 0.05) is 34.8 Å². The summed E-state index contributed by atoms with van der Waals surface area (Å²) in [6, 6.07) is 5.59. The maximum absolute atomic E-state index is 13.0. The summed E-state index contributed by atoms with van der Waals surface area (Å²) < 4.78 is 40.3. The monoisotopic (exact) mass is 432 g/mol. The van der Waals surface area contributed by atoms with Crippen LogP contribution < -0.4 is 10.6 Å². The number of fused-ring (bicyclic) bond motifs is 1. The Bertz CT molecular complexity index is 1010. The zero-order valence-electron chi connectivity index (χ0n) is 17.6. The Balaban J connectivity index is 1.58. The van der Waals surface area contributed by atoms with Gasteiger partial charge in [-0.1, -0.05) is 11.8 Å². The highest BCUT2D eigenvalue weighted by Crippen LogP contribution is 2.31. The van der Waals surface area contributed by atoms with Gasteiger partial charge in [0.05, 0.1) is 12.1 Å². The number of hydrogen-bond acceptors (Lipinski definition) is 3. The predicted molar refractivity (Wildman–Crippen MR) is 115 cm³/mol. The van der Waals surface area contributed by atoms with E-state index in [1.54, 1.807) is 12.1 Å². The van der Waals surface area contributed by atoms with Gasteiger partial charge in [0.15, 0.2) is 0 Å². The van der Waals surface area contributed by atoms with Crippen LogP contribution >= 0.6 is 0 Å². The van der Waals surface area contributed by atoms with Crippen LogP contribution in [-0.4, -0.2) is 54.3 Å². The molecule has 0 unspecified atom stereocenters. The first kappa shape index (κ1) is 21.6. The van der Waals surface area contributed by atoms with E-state index >= 15 is 0 Å². The highest BCUT2D eigenvalue weighted by atomic mass is 19.4. The number of likely N-dealkylation sites (tertiary alicyclic amines) is 1. The molecule has 8 heteroatoms. The number of alkyl halides is 3. The number of aromatic nitrogens is 1. The molecule has 1 amide bonds. The van der Waals surface area contributed by atoms with E-state index in [0.717, 1.165) is 49.8 Å². The third kappa shape index (κ3) is 5.73. The van der Waals surface area contributed by atoms with Gasteiger partial charge in [0.1, 0.15) is 6.54 Å². The van der Waals surface area contributed by atoms with Gasteiger partial charge in [-0.3, -0.25) is 4.79 Å². The van der Waals surface area contributed by atoms with Crippen LogP contribution in [0.5, 0.6) is 0 Å². The predicted octanol–water partition coefficient (Wildman–Crippen LogP) is 3.59. The van der Waals surface area contributed by atoms with Crippen molar-refractivity contribution < 1.29 is 18.0 Å². The van der Waals surface area contributed by atoms with Crippen LogP contribution in [0.25, 0.3) is 10.9 Å². The van der Waals surface area contributed by atoms with Gasteiger partial charge in [-0.15, -0.1) is 0 Å². The highest BCUT2D eigenvalue weighted by Gasteiger charge is 2.29. The normalized spacial score (nSPS) is 17.9. The van der Waals surface area contributed by atoms with Crippen molar-refractivity contribution >= 4 is 22.5 Å². The molecular weight excluding hydrogens is 405 g/mol. The Hall–Kier alpha value is -2.66. The second kappa shape index (κ2) is 8.83. The van der Waals surface area contributed by atoms with Gasteiger partial charge in [0.25, 0.3) is 0 Å². The molecule has 1 aromatic heterocycles. The van der Waals surface area contributed by atoms with Gasteiger partial charge < -0.3 is 20.1 Å². The summed E-state index contributed by atoms with van der Waals surface area (Å²) in [5.41, 5.74) is 1.94. The van der Waals surface area contributed by atoms with E-state index in [0.29, 0.717) is 11.1 Å². The minimum absolute atomic E-state index is 0.0217. The molecule has 1 saturated carbocycles. The summed E-state index contributed by atoms with van der Waals surface area (Å²) in [4.78, 5) is 14.0. The van der Waals surface area contributed by atoms with Crippen molar-refractivity contribution in [3.8, 4) is 11.8 Å². The number of nitrogens with zero attached hydrogens (tertiary/aromatic N) is 2. The van der Waals surface area contributed by atoms with Gasteiger partial charge in [-0.25, -0.2) is 0 Å². The van der Waals surface area contributed by atoms with Crippen LogP contribution in [0.3, 0.4) is 0 Å². The Morgan fingerprint density at radius 3 is 2.61 bits per heavy atom. The highest BCUT2D eigenvalue weighted by molar-refractivity contribution is 5.94. The summed E-state index contributed by atoms with van der Waals surface area (Å²) >= 11 is 0. The molecule has 2 N–H and O–H groups in total. The molecule has 1 aromatic carbocycles. The third-order valence-electron chi connectivity index (χ3n) is 5.85. The number of carbonyl (C=O) groups excluding carboxylic acids is 1. The molecule has 2 fully saturated rings. The average molecular weight is 432 g/mol. The molecule has 1 aliphatic heterocycles. The van der Waals surface area contributed by atoms with E-state index in [1.165, 1.54) is 10.8 Å². The standard InChI is InChI=1S/C23H27F3N4O/c1-29-10-6-18(7-11-29)28-20-13-16(3-2-9-27-22(31)17-4-5-17)14-21-19(20)8-12-30(21)15-23(24,25)26/h8,12-14,17-18,28H,4-7,9-11,15H2,1H3,(H,27,31). The van der Waals surface area contributed by atoms with Crippen LogP contribution in [0.2, 0.25) is 0 Å². The first-order valence-corrected chi connectivity index (χ1v) is 10.7. The first-order valence-electron chi connectivity index (χ1n) is 10.7. The van der Waals surface area contributed by atoms with Crippen LogP contribution in [-0.2, 0) is 11.3 Å². The number of nitrogens with one attached hydrogen (secondary N) is 2. The van der Waals surface area contributed by atoms with Crippen molar-refractivity contribution in [2.45, 2.75) is 44.4 Å². The molecule has 2 aromatic rings. The second-order valence-electron chi connectivity index (χ2n) is 8.53. The topological polar surface area (TPSA) is 49.3 Å². The Morgan fingerprint density at radius 2 is 1.94 bits per heavy atom. The van der Waals surface area contributed by atoms with Crippen molar-refractivity contribution in [3.05, 3.63) is 30.0 Å². The molecule has 5 nitrogen and oxygen atoms in total. The van der Waals surface area contributed by atoms with Crippen LogP contribution in [0.15, 0.2) is 24.4 Å². The number of amides is 1. The molecule has 166 valence electrons. The van der Waals surface area contributed by atoms with Gasteiger partial charge in [0.2, 0.25) is 5.91 Å². The van der Waals surface area contributed by atoms with E-state index < -0.39 is 12.7 Å². The maximum Gasteiger partial charge on any atom is 0.406 e. The number of benzene rings is 1. The lowest BCUT2D eigenvalue weighted by Crippen LogP contribution is -2.36. The smallest absolute Gasteiger partial charge is 0.382 e. The fraction of sp³-hybridized carbons (Fsp3) is 0.522. The lowest BCUT2D eigenvalue weighted by atomic mass is 10.0. The number of rotatable bonds is 5. The zero-order valence-corrected chi connectivity index (χ0v) is 17.6. The largest absolute Gasteiger partial charge is 0.406 e. The van der Waals surface area contributed by atoms with E-state index in [2.05, 4.69) is 34.4 Å². The third-order valence-corrected chi connectivity index (χ3v) is 5.85. The van der Waals surface area contributed by atoms with E-state index in [1.807, 2.05) is 6.07 Å². The second-order valence-corrected chi connectivity index (χ2v) is 8.53. The molecule has 2 heterocycles. The first-order chi connectivity index (χ1) is 14.8. The molecular formula is C23H27F3N4O. The van der Waals surface area contributed by atoms with Crippen molar-refractivity contribution in [2.75, 3.05) is 32.0 Å². The molecule has 2 aliphatic rings. The van der Waals surface area contributed by atoms with E-state index in [9.17, 15) is 18.0 Å². The van der Waals surface area contributed by atoms with Crippen molar-refractivity contribution in [1.82, 2.24) is 14.8 Å². The summed E-state index contributed by atoms with van der Waals surface area (Å²) in [6.07, 6.45) is 0.984. The van der Waals surface area contributed by atoms with Gasteiger partial charge >= 0.3 is 6.18 Å². The maximum atomic E-state index is 13.0. The minimum atomic E-state index is -4.30. The molecule has 0 radical (unpaired) electrons.